The van der Waals surface area contributed by atoms with Gasteiger partial charge < -0.3 is 4.90 Å². The van der Waals surface area contributed by atoms with E-state index in [1.807, 2.05) is 0 Å². The molecule has 1 saturated heterocycles. The Hall–Kier alpha value is -1.08. The first kappa shape index (κ1) is 16.8. The molecule has 1 aromatic rings. The average molecular weight is 357 g/mol. The summed E-state index contributed by atoms with van der Waals surface area (Å²) in [5.74, 6) is -0.000639. The molecule has 0 aromatic heterocycles. The van der Waals surface area contributed by atoms with Crippen molar-refractivity contribution in [2.45, 2.75) is 41.1 Å². The number of carbonyl (C=O) groups excluding carboxylic acids is 1. The lowest BCUT2D eigenvalue weighted by atomic mass is 10.2. The van der Waals surface area contributed by atoms with Gasteiger partial charge in [0, 0.05) is 18.3 Å². The van der Waals surface area contributed by atoms with Crippen molar-refractivity contribution in [3.63, 3.8) is 0 Å². The molecule has 1 saturated carbocycles. The van der Waals surface area contributed by atoms with E-state index in [1.54, 1.807) is 16.7 Å². The van der Waals surface area contributed by atoms with Crippen LogP contribution in [0.15, 0.2) is 29.2 Å². The average Bonchev–Trinajstić information content (AvgIpc) is 2.97. The van der Waals surface area contributed by atoms with E-state index < -0.39 is 20.9 Å². The molecule has 1 aliphatic heterocycles. The molecular weight excluding hydrogens is 337 g/mol. The minimum absolute atomic E-state index is 0.0208. The van der Waals surface area contributed by atoms with E-state index in [0.717, 1.165) is 12.1 Å². The Balaban J connectivity index is 1.51. The molecule has 0 bridgehead atoms. The molecule has 2 aliphatic rings. The van der Waals surface area contributed by atoms with Crippen molar-refractivity contribution in [3.05, 3.63) is 30.1 Å². The fourth-order valence-electron chi connectivity index (χ4n) is 2.99. The van der Waals surface area contributed by atoms with Crippen LogP contribution in [0.1, 0.15) is 25.7 Å². The van der Waals surface area contributed by atoms with Crippen LogP contribution >= 0.6 is 11.8 Å². The molecule has 23 heavy (non-hydrogen) atoms. The molecule has 0 unspecified atom stereocenters. The zero-order chi connectivity index (χ0) is 16.4. The first-order valence-electron chi connectivity index (χ1n) is 7.85. The molecule has 0 radical (unpaired) electrons. The fraction of sp³-hybridized carbons (Fsp3) is 0.562. The van der Waals surface area contributed by atoms with Gasteiger partial charge in [0.15, 0.2) is 9.84 Å². The number of thioether (sulfide) groups is 1. The Morgan fingerprint density at radius 3 is 2.39 bits per heavy atom. The number of halogens is 1. The molecule has 4 nitrogen and oxygen atoms in total. The quantitative estimate of drug-likeness (QED) is 0.760. The van der Waals surface area contributed by atoms with Gasteiger partial charge in [-0.3, -0.25) is 4.79 Å². The third-order valence-corrected chi connectivity index (χ3v) is 7.99. The maximum Gasteiger partial charge on any atom is 0.232 e. The second-order valence-electron chi connectivity index (χ2n) is 6.14. The van der Waals surface area contributed by atoms with Crippen molar-refractivity contribution < 1.29 is 17.6 Å². The number of hydrogen-bond donors (Lipinski definition) is 0. The molecule has 7 heteroatoms. The van der Waals surface area contributed by atoms with Crippen LogP contribution in [0.3, 0.4) is 0 Å². The van der Waals surface area contributed by atoms with E-state index in [-0.39, 0.29) is 23.9 Å². The van der Waals surface area contributed by atoms with Crippen molar-refractivity contribution in [1.82, 2.24) is 4.90 Å². The van der Waals surface area contributed by atoms with Crippen molar-refractivity contribution >= 4 is 27.5 Å². The number of nitrogens with zero attached hydrogens (tertiary/aromatic N) is 1. The largest absolute Gasteiger partial charge is 0.339 e. The van der Waals surface area contributed by atoms with Crippen LogP contribution in [0, 0.1) is 5.82 Å². The molecular formula is C16H20FNO3S2. The second-order valence-corrected chi connectivity index (χ2v) is 9.65. The van der Waals surface area contributed by atoms with E-state index in [2.05, 4.69) is 0 Å². The van der Waals surface area contributed by atoms with Crippen LogP contribution < -0.4 is 0 Å². The predicted molar refractivity (Wildman–Crippen MR) is 88.7 cm³/mol. The monoisotopic (exact) mass is 357 g/mol. The third-order valence-electron chi connectivity index (χ3n) is 4.53. The van der Waals surface area contributed by atoms with Gasteiger partial charge in [-0.15, -0.1) is 11.8 Å². The lowest BCUT2D eigenvalue weighted by Gasteiger charge is -2.38. The highest BCUT2D eigenvalue weighted by Crippen LogP contribution is 2.30. The maximum absolute atomic E-state index is 12.9. The first-order valence-corrected chi connectivity index (χ1v) is 10.4. The second kappa shape index (κ2) is 6.81. The zero-order valence-electron chi connectivity index (χ0n) is 12.8. The molecule has 1 aromatic carbocycles. The number of rotatable bonds is 5. The molecule has 126 valence electrons. The summed E-state index contributed by atoms with van der Waals surface area (Å²) in [6.07, 6.45) is 4.85. The molecule has 0 atom stereocenters. The third kappa shape index (κ3) is 3.71. The summed E-state index contributed by atoms with van der Waals surface area (Å²) in [7, 11) is -3.48. The molecule has 2 fully saturated rings. The summed E-state index contributed by atoms with van der Waals surface area (Å²) < 4.78 is 37.7. The Bertz CT molecular complexity index is 663. The van der Waals surface area contributed by atoms with E-state index in [0.29, 0.717) is 11.0 Å². The first-order chi connectivity index (χ1) is 11.0. The topological polar surface area (TPSA) is 54.5 Å². The smallest absolute Gasteiger partial charge is 0.232 e. The summed E-state index contributed by atoms with van der Waals surface area (Å²) in [6, 6.07) is 4.86. The predicted octanol–water partition coefficient (Wildman–Crippen LogP) is 2.49. The highest BCUT2D eigenvalue weighted by molar-refractivity contribution is 8.00. The van der Waals surface area contributed by atoms with Crippen molar-refractivity contribution in [3.8, 4) is 0 Å². The van der Waals surface area contributed by atoms with Gasteiger partial charge in [0.25, 0.3) is 0 Å². The molecule has 1 amide bonds. The molecule has 0 spiro atoms. The molecule has 1 aliphatic carbocycles. The molecule has 3 rings (SSSR count). The van der Waals surface area contributed by atoms with Crippen LogP contribution in [0.5, 0.6) is 0 Å². The highest BCUT2D eigenvalue weighted by Gasteiger charge is 2.40. The number of hydrogen-bond acceptors (Lipinski definition) is 4. The van der Waals surface area contributed by atoms with Gasteiger partial charge in [-0.05, 0) is 37.1 Å². The molecule has 0 N–H and O–H groups in total. The van der Waals surface area contributed by atoms with Crippen molar-refractivity contribution in [2.75, 3.05) is 18.8 Å². The number of carbonyl (C=O) groups is 1. The summed E-state index contributed by atoms with van der Waals surface area (Å²) in [5.41, 5.74) is 0. The van der Waals surface area contributed by atoms with Crippen molar-refractivity contribution in [1.29, 1.82) is 0 Å². The van der Waals surface area contributed by atoms with Gasteiger partial charge in [0.05, 0.1) is 10.6 Å². The summed E-state index contributed by atoms with van der Waals surface area (Å²) >= 11 is 1.69. The van der Waals surface area contributed by atoms with E-state index in [4.69, 9.17) is 0 Å². The number of benzene rings is 1. The Labute approximate surface area is 140 Å². The standard InChI is InChI=1S/C16H20FNO3S2/c17-12-5-7-14(8-6-12)23(20,21)15-9-18(10-15)16(19)11-22-13-3-1-2-4-13/h5-8,13,15H,1-4,9-11H2. The number of amides is 1. The minimum atomic E-state index is -3.48. The van der Waals surface area contributed by atoms with Gasteiger partial charge in [-0.25, -0.2) is 12.8 Å². The highest BCUT2D eigenvalue weighted by atomic mass is 32.2. The van der Waals surface area contributed by atoms with Gasteiger partial charge in [-0.2, -0.15) is 0 Å². The normalized spacial score (nSPS) is 19.8. The SMILES string of the molecule is O=C(CSC1CCCC1)N1CC(S(=O)(=O)c2ccc(F)cc2)C1. The summed E-state index contributed by atoms with van der Waals surface area (Å²) in [5, 5.41) is 0.00682. The summed E-state index contributed by atoms with van der Waals surface area (Å²) in [6.45, 7) is 0.480. The van der Waals surface area contributed by atoms with Crippen LogP contribution in [0.4, 0.5) is 4.39 Å². The molecule has 1 heterocycles. The van der Waals surface area contributed by atoms with E-state index in [9.17, 15) is 17.6 Å². The fourth-order valence-corrected chi connectivity index (χ4v) is 5.87. The van der Waals surface area contributed by atoms with Gasteiger partial charge >= 0.3 is 0 Å². The number of sulfone groups is 1. The van der Waals surface area contributed by atoms with E-state index >= 15 is 0 Å². The van der Waals surface area contributed by atoms with Crippen LogP contribution in [0.2, 0.25) is 0 Å². The minimum Gasteiger partial charge on any atom is -0.339 e. The zero-order valence-corrected chi connectivity index (χ0v) is 14.4. The van der Waals surface area contributed by atoms with Gasteiger partial charge in [0.2, 0.25) is 5.91 Å². The van der Waals surface area contributed by atoms with Gasteiger partial charge in [-0.1, -0.05) is 12.8 Å². The Kier molecular flexibility index (Phi) is 4.96. The van der Waals surface area contributed by atoms with E-state index in [1.165, 1.54) is 37.8 Å². The lowest BCUT2D eigenvalue weighted by molar-refractivity contribution is -0.131. The Morgan fingerprint density at radius 2 is 1.78 bits per heavy atom. The maximum atomic E-state index is 12.9. The lowest BCUT2D eigenvalue weighted by Crippen LogP contribution is -2.57. The van der Waals surface area contributed by atoms with Gasteiger partial charge in [0.1, 0.15) is 11.1 Å². The number of likely N-dealkylation sites (tertiary alicyclic amines) is 1. The van der Waals surface area contributed by atoms with Crippen LogP contribution in [0.25, 0.3) is 0 Å². The summed E-state index contributed by atoms with van der Waals surface area (Å²) in [4.78, 5) is 13.8. The van der Waals surface area contributed by atoms with Crippen molar-refractivity contribution in [2.24, 2.45) is 0 Å². The van der Waals surface area contributed by atoms with Crippen LogP contribution in [-0.2, 0) is 14.6 Å². The van der Waals surface area contributed by atoms with Crippen LogP contribution in [-0.4, -0.2) is 48.6 Å². The Morgan fingerprint density at radius 1 is 1.17 bits per heavy atom.